The summed E-state index contributed by atoms with van der Waals surface area (Å²) >= 11 is 0. The maximum absolute atomic E-state index is 12.7. The predicted octanol–water partition coefficient (Wildman–Crippen LogP) is 1.43. The van der Waals surface area contributed by atoms with Gasteiger partial charge < -0.3 is 4.90 Å². The van der Waals surface area contributed by atoms with Gasteiger partial charge in [-0.15, -0.1) is 10.2 Å². The largest absolute Gasteiger partial charge is 0.339 e. The molecule has 0 radical (unpaired) electrons. The van der Waals surface area contributed by atoms with Gasteiger partial charge in [0, 0.05) is 24.7 Å². The average molecular weight is 340 g/mol. The summed E-state index contributed by atoms with van der Waals surface area (Å²) in [7, 11) is 0. The van der Waals surface area contributed by atoms with Crippen LogP contribution >= 0.6 is 0 Å². The van der Waals surface area contributed by atoms with Crippen LogP contribution < -0.4 is 0 Å². The second kappa shape index (κ2) is 7.31. The van der Waals surface area contributed by atoms with Crippen molar-refractivity contribution in [2.45, 2.75) is 38.3 Å². The molecule has 132 valence electrons. The number of piperidine rings is 1. The van der Waals surface area contributed by atoms with E-state index in [0.29, 0.717) is 11.9 Å². The fourth-order valence-electron chi connectivity index (χ4n) is 3.82. The number of hydrogen-bond acceptors (Lipinski definition) is 5. The average Bonchev–Trinajstić information content (AvgIpc) is 3.35. The second-order valence-electron chi connectivity index (χ2n) is 6.89. The molecule has 4 rings (SSSR count). The lowest BCUT2D eigenvalue weighted by Crippen LogP contribution is -2.49. The molecule has 2 saturated heterocycles. The summed E-state index contributed by atoms with van der Waals surface area (Å²) in [6, 6.07) is 10.2. The number of nitrogens with zero attached hydrogens (tertiary/aromatic N) is 6. The maximum atomic E-state index is 12.7. The number of aromatic nitrogens is 4. The van der Waals surface area contributed by atoms with E-state index in [0.717, 1.165) is 25.1 Å². The van der Waals surface area contributed by atoms with Gasteiger partial charge in [0.25, 0.3) is 0 Å². The molecule has 0 aliphatic carbocycles. The SMILES string of the molecule is O=C(Cn1nnc(-c2ccccc2)n1)N1CCCC(N2CCCC2)C1. The number of hydrogen-bond donors (Lipinski definition) is 0. The molecule has 2 aromatic rings. The first-order chi connectivity index (χ1) is 12.3. The summed E-state index contributed by atoms with van der Waals surface area (Å²) in [4.78, 5) is 18.6. The van der Waals surface area contributed by atoms with Gasteiger partial charge in [-0.3, -0.25) is 9.69 Å². The molecule has 1 aromatic heterocycles. The summed E-state index contributed by atoms with van der Waals surface area (Å²) in [6.07, 6.45) is 4.85. The smallest absolute Gasteiger partial charge is 0.246 e. The highest BCUT2D eigenvalue weighted by Crippen LogP contribution is 2.20. The minimum absolute atomic E-state index is 0.0842. The molecule has 2 fully saturated rings. The number of benzene rings is 1. The van der Waals surface area contributed by atoms with Crippen molar-refractivity contribution in [2.75, 3.05) is 26.2 Å². The standard InChI is InChI=1S/C18H24N6O/c25-17(23-12-6-9-16(13-23)22-10-4-5-11-22)14-24-20-18(19-21-24)15-7-2-1-3-8-15/h1-3,7-8,16H,4-6,9-14H2. The van der Waals surface area contributed by atoms with Gasteiger partial charge in [0.05, 0.1) is 0 Å². The molecule has 0 N–H and O–H groups in total. The van der Waals surface area contributed by atoms with Crippen molar-refractivity contribution in [3.05, 3.63) is 30.3 Å². The predicted molar refractivity (Wildman–Crippen MR) is 93.7 cm³/mol. The first-order valence-electron chi connectivity index (χ1n) is 9.15. The Hall–Kier alpha value is -2.28. The number of likely N-dealkylation sites (tertiary alicyclic amines) is 2. The molecule has 0 bridgehead atoms. The minimum atomic E-state index is 0.0842. The van der Waals surface area contributed by atoms with E-state index < -0.39 is 0 Å². The summed E-state index contributed by atoms with van der Waals surface area (Å²) in [6.45, 7) is 4.19. The Bertz CT molecular complexity index is 709. The van der Waals surface area contributed by atoms with Crippen LogP contribution in [0, 0.1) is 0 Å². The van der Waals surface area contributed by atoms with E-state index in [9.17, 15) is 4.79 Å². The van der Waals surface area contributed by atoms with E-state index in [1.807, 2.05) is 35.2 Å². The van der Waals surface area contributed by atoms with Crippen LogP contribution in [0.15, 0.2) is 30.3 Å². The Balaban J connectivity index is 1.37. The zero-order valence-corrected chi connectivity index (χ0v) is 14.4. The lowest BCUT2D eigenvalue weighted by molar-refractivity contribution is -0.134. The van der Waals surface area contributed by atoms with Crippen LogP contribution in [0.3, 0.4) is 0 Å². The lowest BCUT2D eigenvalue weighted by Gasteiger charge is -2.37. The molecule has 7 heteroatoms. The van der Waals surface area contributed by atoms with Gasteiger partial charge in [0.15, 0.2) is 0 Å². The van der Waals surface area contributed by atoms with Gasteiger partial charge in [-0.25, -0.2) is 0 Å². The number of tetrazole rings is 1. The number of rotatable bonds is 4. The fourth-order valence-corrected chi connectivity index (χ4v) is 3.82. The minimum Gasteiger partial charge on any atom is -0.339 e. The molecule has 7 nitrogen and oxygen atoms in total. The lowest BCUT2D eigenvalue weighted by atomic mass is 10.0. The van der Waals surface area contributed by atoms with Gasteiger partial charge in [-0.05, 0) is 44.0 Å². The third-order valence-electron chi connectivity index (χ3n) is 5.17. The molecule has 0 saturated carbocycles. The number of carbonyl (C=O) groups excluding carboxylic acids is 1. The normalized spacial score (nSPS) is 21.6. The van der Waals surface area contributed by atoms with Crippen molar-refractivity contribution in [3.63, 3.8) is 0 Å². The summed E-state index contributed by atoms with van der Waals surface area (Å²) in [5.41, 5.74) is 0.910. The second-order valence-corrected chi connectivity index (χ2v) is 6.89. The van der Waals surface area contributed by atoms with Gasteiger partial charge in [0.2, 0.25) is 11.7 Å². The number of carbonyl (C=O) groups is 1. The summed E-state index contributed by atoms with van der Waals surface area (Å²) in [5, 5.41) is 12.5. The summed E-state index contributed by atoms with van der Waals surface area (Å²) in [5.74, 6) is 0.642. The zero-order chi connectivity index (χ0) is 17.1. The van der Waals surface area contributed by atoms with Crippen molar-refractivity contribution < 1.29 is 4.79 Å². The van der Waals surface area contributed by atoms with Crippen molar-refractivity contribution >= 4 is 5.91 Å². The van der Waals surface area contributed by atoms with E-state index in [2.05, 4.69) is 20.3 Å². The highest BCUT2D eigenvalue weighted by molar-refractivity contribution is 5.76. The number of amides is 1. The summed E-state index contributed by atoms with van der Waals surface area (Å²) < 4.78 is 0. The van der Waals surface area contributed by atoms with E-state index in [1.54, 1.807) is 0 Å². The molecule has 0 spiro atoms. The van der Waals surface area contributed by atoms with Gasteiger partial charge in [0.1, 0.15) is 6.54 Å². The van der Waals surface area contributed by atoms with E-state index in [1.165, 1.54) is 37.1 Å². The molecule has 1 atom stereocenters. The van der Waals surface area contributed by atoms with Crippen LogP contribution in [-0.2, 0) is 11.3 Å². The maximum Gasteiger partial charge on any atom is 0.246 e. The molecule has 2 aliphatic rings. The Morgan fingerprint density at radius 2 is 1.88 bits per heavy atom. The van der Waals surface area contributed by atoms with E-state index in [4.69, 9.17) is 0 Å². The Morgan fingerprint density at radius 1 is 1.08 bits per heavy atom. The molecule has 25 heavy (non-hydrogen) atoms. The molecule has 1 aromatic carbocycles. The van der Waals surface area contributed by atoms with Crippen LogP contribution in [0.5, 0.6) is 0 Å². The topological polar surface area (TPSA) is 67.2 Å². The fraction of sp³-hybridized carbons (Fsp3) is 0.556. The third kappa shape index (κ3) is 3.71. The van der Waals surface area contributed by atoms with Crippen molar-refractivity contribution in [2.24, 2.45) is 0 Å². The van der Waals surface area contributed by atoms with E-state index in [-0.39, 0.29) is 12.5 Å². The zero-order valence-electron chi connectivity index (χ0n) is 14.4. The van der Waals surface area contributed by atoms with Crippen LogP contribution in [0.2, 0.25) is 0 Å². The molecular formula is C18H24N6O. The third-order valence-corrected chi connectivity index (χ3v) is 5.17. The van der Waals surface area contributed by atoms with Gasteiger partial charge in [-0.2, -0.15) is 4.80 Å². The monoisotopic (exact) mass is 340 g/mol. The Labute approximate surface area is 147 Å². The molecule has 2 aliphatic heterocycles. The van der Waals surface area contributed by atoms with Crippen LogP contribution in [0.4, 0.5) is 0 Å². The first kappa shape index (κ1) is 16.2. The highest BCUT2D eigenvalue weighted by Gasteiger charge is 2.29. The first-order valence-corrected chi connectivity index (χ1v) is 9.15. The van der Waals surface area contributed by atoms with E-state index >= 15 is 0 Å². The van der Waals surface area contributed by atoms with Crippen LogP contribution in [-0.4, -0.2) is 68.1 Å². The molecule has 1 unspecified atom stereocenters. The Kier molecular flexibility index (Phi) is 4.74. The van der Waals surface area contributed by atoms with Gasteiger partial charge >= 0.3 is 0 Å². The van der Waals surface area contributed by atoms with Crippen molar-refractivity contribution in [3.8, 4) is 11.4 Å². The van der Waals surface area contributed by atoms with Crippen molar-refractivity contribution in [1.82, 2.24) is 30.0 Å². The quantitative estimate of drug-likeness (QED) is 0.842. The molecule has 3 heterocycles. The Morgan fingerprint density at radius 3 is 2.68 bits per heavy atom. The molecule has 1 amide bonds. The molecular weight excluding hydrogens is 316 g/mol. The highest BCUT2D eigenvalue weighted by atomic mass is 16.2. The van der Waals surface area contributed by atoms with Crippen LogP contribution in [0.1, 0.15) is 25.7 Å². The van der Waals surface area contributed by atoms with Gasteiger partial charge in [-0.1, -0.05) is 30.3 Å². The van der Waals surface area contributed by atoms with Crippen LogP contribution in [0.25, 0.3) is 11.4 Å². The van der Waals surface area contributed by atoms with Crippen molar-refractivity contribution in [1.29, 1.82) is 0 Å².